The molecular weight excluding hydrogens is 435 g/mol. The van der Waals surface area contributed by atoms with Gasteiger partial charge in [0.15, 0.2) is 0 Å². The highest BCUT2D eigenvalue weighted by Crippen LogP contribution is 2.22. The van der Waals surface area contributed by atoms with Crippen LogP contribution in [-0.4, -0.2) is 49.7 Å². The van der Waals surface area contributed by atoms with E-state index in [1.807, 2.05) is 0 Å². The van der Waals surface area contributed by atoms with Crippen molar-refractivity contribution in [2.24, 2.45) is 5.92 Å². The maximum atomic E-state index is 12.7. The molecule has 1 heterocycles. The van der Waals surface area contributed by atoms with Crippen LogP contribution in [0.4, 0.5) is 18.9 Å². The number of sulfonamides is 1. The highest BCUT2D eigenvalue weighted by molar-refractivity contribution is 7.89. The first-order valence-corrected chi connectivity index (χ1v) is 11.3. The lowest BCUT2D eigenvalue weighted by Gasteiger charge is -2.26. The van der Waals surface area contributed by atoms with Crippen LogP contribution in [-0.2, 0) is 19.6 Å². The molecule has 1 amide bonds. The molecule has 1 aromatic rings. The lowest BCUT2D eigenvalue weighted by molar-refractivity contribution is -0.165. The van der Waals surface area contributed by atoms with Crippen molar-refractivity contribution in [2.45, 2.75) is 50.2 Å². The summed E-state index contributed by atoms with van der Waals surface area (Å²) in [6.07, 6.45) is -1.22. The van der Waals surface area contributed by atoms with Crippen LogP contribution in [0.2, 0.25) is 0 Å². The molecule has 1 fully saturated rings. The number of benzene rings is 1. The van der Waals surface area contributed by atoms with Crippen molar-refractivity contribution in [3.05, 3.63) is 36.5 Å². The van der Waals surface area contributed by atoms with E-state index in [4.69, 9.17) is 0 Å². The van der Waals surface area contributed by atoms with Crippen molar-refractivity contribution < 1.29 is 31.2 Å². The first-order valence-electron chi connectivity index (χ1n) is 9.88. The largest absolute Gasteiger partial charge is 0.454 e. The quantitative estimate of drug-likeness (QED) is 0.580. The Morgan fingerprint density at radius 1 is 1.06 bits per heavy atom. The fourth-order valence-corrected chi connectivity index (χ4v) is 4.59. The van der Waals surface area contributed by atoms with Gasteiger partial charge >= 0.3 is 6.18 Å². The molecule has 31 heavy (non-hydrogen) atoms. The predicted molar refractivity (Wildman–Crippen MR) is 110 cm³/mol. The van der Waals surface area contributed by atoms with Crippen molar-refractivity contribution in [3.8, 4) is 0 Å². The zero-order valence-corrected chi connectivity index (χ0v) is 18.1. The first-order chi connectivity index (χ1) is 14.4. The minimum Gasteiger partial charge on any atom is -0.379 e. The van der Waals surface area contributed by atoms with E-state index in [1.165, 1.54) is 28.6 Å². The SMILES string of the molecule is CC(C)C(N/C=C/C(=O)C(F)(F)F)C(=O)Nc1ccc(S(=O)(=O)N2CCCCC2)cc1. The predicted octanol–water partition coefficient (Wildman–Crippen LogP) is 3.06. The number of carbonyl (C=O) groups is 2. The second-order valence-corrected chi connectivity index (χ2v) is 9.50. The summed E-state index contributed by atoms with van der Waals surface area (Å²) in [5.74, 6) is -2.87. The number of ketones is 1. The van der Waals surface area contributed by atoms with Crippen molar-refractivity contribution in [1.82, 2.24) is 9.62 Å². The molecule has 1 aromatic carbocycles. The van der Waals surface area contributed by atoms with E-state index < -0.39 is 33.9 Å². The fraction of sp³-hybridized carbons (Fsp3) is 0.500. The van der Waals surface area contributed by atoms with Crippen molar-refractivity contribution in [1.29, 1.82) is 0 Å². The van der Waals surface area contributed by atoms with Crippen molar-refractivity contribution in [2.75, 3.05) is 18.4 Å². The van der Waals surface area contributed by atoms with Gasteiger partial charge in [0.25, 0.3) is 5.78 Å². The summed E-state index contributed by atoms with van der Waals surface area (Å²) < 4.78 is 63.6. The van der Waals surface area contributed by atoms with Crippen LogP contribution in [0.5, 0.6) is 0 Å². The van der Waals surface area contributed by atoms with Gasteiger partial charge in [-0.2, -0.15) is 17.5 Å². The number of nitrogens with zero attached hydrogens (tertiary/aromatic N) is 1. The fourth-order valence-electron chi connectivity index (χ4n) is 3.08. The van der Waals surface area contributed by atoms with Crippen LogP contribution in [0, 0.1) is 5.92 Å². The number of anilines is 1. The number of halogens is 3. The Bertz CT molecular complexity index is 907. The molecule has 0 saturated carbocycles. The van der Waals surface area contributed by atoms with Crippen LogP contribution >= 0.6 is 0 Å². The number of allylic oxidation sites excluding steroid dienone is 1. The molecule has 0 aliphatic carbocycles. The minimum absolute atomic E-state index is 0.125. The molecule has 2 N–H and O–H groups in total. The number of nitrogens with one attached hydrogen (secondary N) is 2. The number of carbonyl (C=O) groups excluding carboxylic acids is 2. The molecule has 0 spiro atoms. The highest BCUT2D eigenvalue weighted by atomic mass is 32.2. The molecule has 1 atom stereocenters. The molecule has 1 unspecified atom stereocenters. The van der Waals surface area contributed by atoms with E-state index in [2.05, 4.69) is 10.6 Å². The van der Waals surface area contributed by atoms with E-state index in [1.54, 1.807) is 13.8 Å². The average Bonchev–Trinajstić information content (AvgIpc) is 2.71. The van der Waals surface area contributed by atoms with Gasteiger partial charge in [0.2, 0.25) is 15.9 Å². The van der Waals surface area contributed by atoms with Gasteiger partial charge in [0.1, 0.15) is 6.04 Å². The monoisotopic (exact) mass is 461 g/mol. The summed E-state index contributed by atoms with van der Waals surface area (Å²) in [5.41, 5.74) is 0.338. The number of rotatable bonds is 8. The van der Waals surface area contributed by atoms with Gasteiger partial charge in [-0.25, -0.2) is 8.42 Å². The molecule has 172 valence electrons. The average molecular weight is 462 g/mol. The Labute approximate surface area is 179 Å². The van der Waals surface area contributed by atoms with Crippen LogP contribution in [0.3, 0.4) is 0 Å². The Hall–Kier alpha value is -2.40. The van der Waals surface area contributed by atoms with Crippen molar-refractivity contribution >= 4 is 27.4 Å². The zero-order valence-electron chi connectivity index (χ0n) is 17.3. The van der Waals surface area contributed by atoms with Gasteiger partial charge in [0.05, 0.1) is 4.90 Å². The van der Waals surface area contributed by atoms with E-state index >= 15 is 0 Å². The molecule has 2 rings (SSSR count). The van der Waals surface area contributed by atoms with Gasteiger partial charge < -0.3 is 10.6 Å². The number of hydrogen-bond acceptors (Lipinski definition) is 5. The number of piperidine rings is 1. The van der Waals surface area contributed by atoms with Gasteiger partial charge in [-0.3, -0.25) is 9.59 Å². The van der Waals surface area contributed by atoms with Crippen LogP contribution in [0.15, 0.2) is 41.4 Å². The second kappa shape index (κ2) is 10.3. The molecule has 1 aliphatic heterocycles. The Morgan fingerprint density at radius 3 is 2.16 bits per heavy atom. The molecule has 1 saturated heterocycles. The lowest BCUT2D eigenvalue weighted by Crippen LogP contribution is -2.42. The van der Waals surface area contributed by atoms with E-state index in [0.717, 1.165) is 25.5 Å². The molecule has 0 bridgehead atoms. The highest BCUT2D eigenvalue weighted by Gasteiger charge is 2.36. The number of amides is 1. The van der Waals surface area contributed by atoms with Crippen LogP contribution in [0.25, 0.3) is 0 Å². The maximum absolute atomic E-state index is 12.7. The third-order valence-corrected chi connectivity index (χ3v) is 6.73. The molecule has 7 nitrogen and oxygen atoms in total. The van der Waals surface area contributed by atoms with Crippen molar-refractivity contribution in [3.63, 3.8) is 0 Å². The summed E-state index contributed by atoms with van der Waals surface area (Å²) in [6, 6.07) is 4.80. The molecule has 0 aromatic heterocycles. The number of hydrogen-bond donors (Lipinski definition) is 2. The summed E-state index contributed by atoms with van der Waals surface area (Å²) in [7, 11) is -3.59. The Morgan fingerprint density at radius 2 is 1.65 bits per heavy atom. The van der Waals surface area contributed by atoms with Crippen LogP contribution in [0.1, 0.15) is 33.1 Å². The van der Waals surface area contributed by atoms with E-state index in [0.29, 0.717) is 24.9 Å². The zero-order chi connectivity index (χ0) is 23.2. The smallest absolute Gasteiger partial charge is 0.379 e. The first kappa shape index (κ1) is 24.9. The minimum atomic E-state index is -4.98. The van der Waals surface area contributed by atoms with E-state index in [9.17, 15) is 31.2 Å². The molecule has 11 heteroatoms. The summed E-state index contributed by atoms with van der Waals surface area (Å²) in [6.45, 7) is 4.33. The topological polar surface area (TPSA) is 95.6 Å². The van der Waals surface area contributed by atoms with Gasteiger partial charge in [-0.1, -0.05) is 20.3 Å². The normalized spacial score (nSPS) is 17.0. The number of alkyl halides is 3. The Balaban J connectivity index is 2.04. The van der Waals surface area contributed by atoms with Gasteiger partial charge in [-0.05, 0) is 43.0 Å². The molecular formula is C20H26F3N3O4S. The van der Waals surface area contributed by atoms with Gasteiger partial charge in [-0.15, -0.1) is 0 Å². The second-order valence-electron chi connectivity index (χ2n) is 7.56. The lowest BCUT2D eigenvalue weighted by atomic mass is 10.0. The van der Waals surface area contributed by atoms with Gasteiger partial charge in [0, 0.05) is 31.1 Å². The maximum Gasteiger partial charge on any atom is 0.454 e. The van der Waals surface area contributed by atoms with Crippen LogP contribution < -0.4 is 10.6 Å². The Kier molecular flexibility index (Phi) is 8.24. The third-order valence-electron chi connectivity index (χ3n) is 4.81. The standard InChI is InChI=1S/C20H26F3N3O4S/c1-14(2)18(24-11-10-17(27)20(21,22)23)19(28)25-15-6-8-16(9-7-15)31(29,30)26-12-4-3-5-13-26/h6-11,14,18,24H,3-5,12-13H2,1-2H3,(H,25,28)/b11-10+. The summed E-state index contributed by atoms with van der Waals surface area (Å²) in [5, 5.41) is 5.10. The molecule has 1 aliphatic rings. The summed E-state index contributed by atoms with van der Waals surface area (Å²) >= 11 is 0. The van der Waals surface area contributed by atoms with E-state index in [-0.39, 0.29) is 10.8 Å². The summed E-state index contributed by atoms with van der Waals surface area (Å²) in [4.78, 5) is 23.5. The molecule has 0 radical (unpaired) electrons. The third kappa shape index (κ3) is 6.79.